The van der Waals surface area contributed by atoms with E-state index < -0.39 is 0 Å². The van der Waals surface area contributed by atoms with Crippen LogP contribution in [0.15, 0.2) is 4.99 Å². The first-order valence-electron chi connectivity index (χ1n) is 5.12. The standard InChI is InChI=1S/C9H19NO3Si/c1-3-12-9(13-4-2)7-14-6-5-10-8-11/h9H,3-7,14H2,1-2H3. The maximum absolute atomic E-state index is 9.78. The summed E-state index contributed by atoms with van der Waals surface area (Å²) in [5, 5.41) is 0. The maximum Gasteiger partial charge on any atom is 0.234 e. The Morgan fingerprint density at radius 2 is 2.00 bits per heavy atom. The Morgan fingerprint density at radius 3 is 2.50 bits per heavy atom. The van der Waals surface area contributed by atoms with Gasteiger partial charge in [0.05, 0.1) is 0 Å². The number of isocyanates is 1. The molecular weight excluding hydrogens is 198 g/mol. The molecular formula is C9H19NO3Si. The van der Waals surface area contributed by atoms with Crippen LogP contribution in [0.2, 0.25) is 12.1 Å². The topological polar surface area (TPSA) is 47.9 Å². The van der Waals surface area contributed by atoms with Crippen LogP contribution in [-0.4, -0.2) is 41.6 Å². The molecule has 0 saturated heterocycles. The lowest BCUT2D eigenvalue weighted by molar-refractivity contribution is -0.123. The Bertz CT molecular complexity index is 165. The van der Waals surface area contributed by atoms with Crippen molar-refractivity contribution in [2.45, 2.75) is 32.2 Å². The van der Waals surface area contributed by atoms with E-state index in [1.165, 1.54) is 0 Å². The fraction of sp³-hybridized carbons (Fsp3) is 0.889. The lowest BCUT2D eigenvalue weighted by atomic mass is 10.7. The van der Waals surface area contributed by atoms with E-state index in [0.29, 0.717) is 19.8 Å². The van der Waals surface area contributed by atoms with Gasteiger partial charge in [0.2, 0.25) is 6.08 Å². The van der Waals surface area contributed by atoms with Crippen molar-refractivity contribution >= 4 is 15.6 Å². The Labute approximate surface area is 87.5 Å². The van der Waals surface area contributed by atoms with Gasteiger partial charge in [0.25, 0.3) is 0 Å². The summed E-state index contributed by atoms with van der Waals surface area (Å²) < 4.78 is 10.8. The molecule has 0 bridgehead atoms. The van der Waals surface area contributed by atoms with Crippen molar-refractivity contribution in [2.24, 2.45) is 4.99 Å². The van der Waals surface area contributed by atoms with Crippen LogP contribution < -0.4 is 0 Å². The van der Waals surface area contributed by atoms with Gasteiger partial charge in [-0.2, -0.15) is 0 Å². The molecule has 0 amide bonds. The highest BCUT2D eigenvalue weighted by molar-refractivity contribution is 6.35. The fourth-order valence-electron chi connectivity index (χ4n) is 1.13. The number of rotatable bonds is 9. The van der Waals surface area contributed by atoms with Crippen molar-refractivity contribution in [2.75, 3.05) is 19.8 Å². The van der Waals surface area contributed by atoms with Crippen molar-refractivity contribution < 1.29 is 14.3 Å². The van der Waals surface area contributed by atoms with Crippen molar-refractivity contribution in [1.82, 2.24) is 0 Å². The molecule has 0 rings (SSSR count). The van der Waals surface area contributed by atoms with Crippen LogP contribution >= 0.6 is 0 Å². The smallest absolute Gasteiger partial charge is 0.234 e. The van der Waals surface area contributed by atoms with Crippen LogP contribution in [0.4, 0.5) is 0 Å². The molecule has 0 fully saturated rings. The molecule has 0 saturated carbocycles. The molecule has 0 aliphatic carbocycles. The molecule has 0 aromatic rings. The predicted octanol–water partition coefficient (Wildman–Crippen LogP) is 0.727. The number of ether oxygens (including phenoxy) is 2. The minimum absolute atomic E-state index is 0.0446. The first-order chi connectivity index (χ1) is 6.85. The zero-order valence-corrected chi connectivity index (χ0v) is 10.4. The van der Waals surface area contributed by atoms with Crippen LogP contribution in [0.25, 0.3) is 0 Å². The summed E-state index contributed by atoms with van der Waals surface area (Å²) in [5.41, 5.74) is 0. The second-order valence-corrected chi connectivity index (χ2v) is 4.80. The van der Waals surface area contributed by atoms with E-state index >= 15 is 0 Å². The van der Waals surface area contributed by atoms with Gasteiger partial charge in [0, 0.05) is 29.3 Å². The molecule has 0 spiro atoms. The Hall–Kier alpha value is -0.483. The Kier molecular flexibility index (Phi) is 10.2. The number of nitrogens with zero attached hydrogens (tertiary/aromatic N) is 1. The zero-order valence-electron chi connectivity index (χ0n) is 8.99. The van der Waals surface area contributed by atoms with Crippen LogP contribution in [0.1, 0.15) is 13.8 Å². The van der Waals surface area contributed by atoms with Crippen molar-refractivity contribution in [3.05, 3.63) is 0 Å². The summed E-state index contributed by atoms with van der Waals surface area (Å²) in [6.07, 6.45) is 1.50. The van der Waals surface area contributed by atoms with Gasteiger partial charge in [-0.05, 0) is 25.9 Å². The zero-order chi connectivity index (χ0) is 10.6. The van der Waals surface area contributed by atoms with E-state index in [-0.39, 0.29) is 15.8 Å². The molecule has 4 nitrogen and oxygen atoms in total. The van der Waals surface area contributed by atoms with Gasteiger partial charge in [-0.15, -0.1) is 0 Å². The lowest BCUT2D eigenvalue weighted by Crippen LogP contribution is -2.19. The van der Waals surface area contributed by atoms with E-state index in [0.717, 1.165) is 12.1 Å². The quantitative estimate of drug-likeness (QED) is 0.188. The largest absolute Gasteiger partial charge is 0.353 e. The molecule has 14 heavy (non-hydrogen) atoms. The summed E-state index contributed by atoms with van der Waals surface area (Å²) in [4.78, 5) is 13.3. The van der Waals surface area contributed by atoms with Gasteiger partial charge in [0.15, 0.2) is 6.29 Å². The molecule has 5 heteroatoms. The summed E-state index contributed by atoms with van der Waals surface area (Å²) in [6, 6.07) is 2.02. The van der Waals surface area contributed by atoms with E-state index in [2.05, 4.69) is 4.99 Å². The van der Waals surface area contributed by atoms with Gasteiger partial charge in [-0.3, -0.25) is 0 Å². The second kappa shape index (κ2) is 10.6. The molecule has 0 aliphatic rings. The summed E-state index contributed by atoms with van der Waals surface area (Å²) in [6.45, 7) is 5.91. The minimum Gasteiger partial charge on any atom is -0.353 e. The average Bonchev–Trinajstić information content (AvgIpc) is 2.18. The highest BCUT2D eigenvalue weighted by atomic mass is 28.2. The molecule has 0 aliphatic heterocycles. The average molecular weight is 217 g/mol. The van der Waals surface area contributed by atoms with Crippen LogP contribution in [0.3, 0.4) is 0 Å². The molecule has 0 radical (unpaired) electrons. The molecule has 0 aromatic carbocycles. The third kappa shape index (κ3) is 8.13. The third-order valence-electron chi connectivity index (χ3n) is 1.73. The van der Waals surface area contributed by atoms with Gasteiger partial charge in [-0.1, -0.05) is 0 Å². The van der Waals surface area contributed by atoms with Gasteiger partial charge < -0.3 is 9.47 Å². The highest BCUT2D eigenvalue weighted by Gasteiger charge is 2.06. The monoisotopic (exact) mass is 217 g/mol. The number of hydrogen-bond acceptors (Lipinski definition) is 4. The summed E-state index contributed by atoms with van der Waals surface area (Å²) in [5.74, 6) is 0. The summed E-state index contributed by atoms with van der Waals surface area (Å²) in [7, 11) is -0.220. The van der Waals surface area contributed by atoms with Gasteiger partial charge >= 0.3 is 0 Å². The van der Waals surface area contributed by atoms with Crippen molar-refractivity contribution in [3.63, 3.8) is 0 Å². The van der Waals surface area contributed by atoms with Gasteiger partial charge in [-0.25, -0.2) is 9.79 Å². The van der Waals surface area contributed by atoms with Crippen LogP contribution in [0, 0.1) is 0 Å². The third-order valence-corrected chi connectivity index (χ3v) is 3.43. The second-order valence-electron chi connectivity index (χ2n) is 2.81. The van der Waals surface area contributed by atoms with E-state index in [4.69, 9.17) is 9.47 Å². The predicted molar refractivity (Wildman–Crippen MR) is 58.2 cm³/mol. The maximum atomic E-state index is 9.78. The van der Waals surface area contributed by atoms with Crippen molar-refractivity contribution in [3.8, 4) is 0 Å². The van der Waals surface area contributed by atoms with E-state index in [1.54, 1.807) is 6.08 Å². The van der Waals surface area contributed by atoms with Crippen molar-refractivity contribution in [1.29, 1.82) is 0 Å². The molecule has 0 atom stereocenters. The number of carbonyl (C=O) groups excluding carboxylic acids is 1. The molecule has 0 N–H and O–H groups in total. The Morgan fingerprint density at radius 1 is 1.36 bits per heavy atom. The highest BCUT2D eigenvalue weighted by Crippen LogP contribution is 2.02. The lowest BCUT2D eigenvalue weighted by Gasteiger charge is -2.15. The first kappa shape index (κ1) is 13.5. The SMILES string of the molecule is CCOC(C[SiH2]CCN=C=O)OCC. The summed E-state index contributed by atoms with van der Waals surface area (Å²) >= 11 is 0. The molecule has 0 aromatic heterocycles. The van der Waals surface area contributed by atoms with E-state index in [1.807, 2.05) is 13.8 Å². The molecule has 0 unspecified atom stereocenters. The molecule has 0 heterocycles. The van der Waals surface area contributed by atoms with E-state index in [9.17, 15) is 4.79 Å². The number of aliphatic imine (C=N–C) groups is 1. The van der Waals surface area contributed by atoms with Crippen LogP contribution in [-0.2, 0) is 14.3 Å². The van der Waals surface area contributed by atoms with Crippen LogP contribution in [0.5, 0.6) is 0 Å². The molecule has 82 valence electrons. The van der Waals surface area contributed by atoms with Gasteiger partial charge in [0.1, 0.15) is 0 Å². The Balaban J connectivity index is 3.44. The first-order valence-corrected chi connectivity index (χ1v) is 7.12. The normalized spacial score (nSPS) is 11.1. The number of hydrogen-bond donors (Lipinski definition) is 0. The minimum atomic E-state index is -0.220. The fourth-order valence-corrected chi connectivity index (χ4v) is 2.47.